The zero-order chi connectivity index (χ0) is 22.1. The van der Waals surface area contributed by atoms with E-state index in [-0.39, 0.29) is 0 Å². The van der Waals surface area contributed by atoms with Gasteiger partial charge in [0, 0.05) is 48.5 Å². The van der Waals surface area contributed by atoms with E-state index in [1.165, 1.54) is 71.0 Å². The average molecular weight is 428 g/mol. The van der Waals surface area contributed by atoms with Crippen molar-refractivity contribution in [3.63, 3.8) is 0 Å². The standard InChI is InChI=1S/C28H33N3O/c1-19-14-29-20(2)27(19)24-13-26-28(30-15-24)25(23-11-9-22(10-12-23)18-32-3)17-31(26)16-21-7-5-4-6-8-21/h9-13,15,17,21H,4-8,14,16,18H2,1-3H3. The van der Waals surface area contributed by atoms with Crippen LogP contribution in [0, 0.1) is 5.92 Å². The van der Waals surface area contributed by atoms with E-state index in [1.807, 2.05) is 6.20 Å². The van der Waals surface area contributed by atoms with Gasteiger partial charge < -0.3 is 9.30 Å². The minimum atomic E-state index is 0.640. The minimum absolute atomic E-state index is 0.640. The Morgan fingerprint density at radius 1 is 1.03 bits per heavy atom. The van der Waals surface area contributed by atoms with Gasteiger partial charge in [-0.05, 0) is 55.4 Å². The molecule has 0 amide bonds. The summed E-state index contributed by atoms with van der Waals surface area (Å²) in [4.78, 5) is 9.65. The monoisotopic (exact) mass is 427 g/mol. The number of aromatic nitrogens is 2. The second-order valence-corrected chi connectivity index (χ2v) is 9.48. The van der Waals surface area contributed by atoms with Crippen LogP contribution in [-0.4, -0.2) is 28.9 Å². The van der Waals surface area contributed by atoms with Crippen LogP contribution in [0.3, 0.4) is 0 Å². The number of ether oxygens (including phenoxy) is 1. The maximum absolute atomic E-state index is 5.28. The van der Waals surface area contributed by atoms with Crippen LogP contribution in [0.25, 0.3) is 27.7 Å². The molecule has 1 aliphatic carbocycles. The molecule has 0 N–H and O–H groups in total. The Bertz CT molecular complexity index is 1180. The van der Waals surface area contributed by atoms with Crippen molar-refractivity contribution >= 4 is 22.3 Å². The lowest BCUT2D eigenvalue weighted by molar-refractivity contribution is 0.185. The third-order valence-electron chi connectivity index (χ3n) is 7.10. The van der Waals surface area contributed by atoms with Crippen molar-refractivity contribution in [1.82, 2.24) is 9.55 Å². The van der Waals surface area contributed by atoms with Crippen LogP contribution in [0.5, 0.6) is 0 Å². The predicted octanol–water partition coefficient (Wildman–Crippen LogP) is 6.68. The first-order chi connectivity index (χ1) is 15.6. The van der Waals surface area contributed by atoms with E-state index in [9.17, 15) is 0 Å². The molecule has 0 spiro atoms. The molecule has 0 radical (unpaired) electrons. The van der Waals surface area contributed by atoms with Gasteiger partial charge in [0.2, 0.25) is 0 Å². The maximum Gasteiger partial charge on any atom is 0.0959 e. The number of benzene rings is 1. The van der Waals surface area contributed by atoms with E-state index in [2.05, 4.69) is 59.9 Å². The van der Waals surface area contributed by atoms with Crippen LogP contribution in [0.1, 0.15) is 57.1 Å². The molecular formula is C28H33N3O. The molecule has 4 nitrogen and oxygen atoms in total. The van der Waals surface area contributed by atoms with Crippen LogP contribution in [0.2, 0.25) is 0 Å². The molecule has 2 aliphatic rings. The van der Waals surface area contributed by atoms with Crippen LogP contribution >= 0.6 is 0 Å². The normalized spacial score (nSPS) is 17.4. The van der Waals surface area contributed by atoms with E-state index in [0.29, 0.717) is 6.61 Å². The molecule has 4 heteroatoms. The molecule has 0 bridgehead atoms. The fraction of sp³-hybridized carbons (Fsp3) is 0.429. The van der Waals surface area contributed by atoms with Gasteiger partial charge in [0.1, 0.15) is 0 Å². The number of pyridine rings is 1. The molecule has 0 saturated heterocycles. The van der Waals surface area contributed by atoms with Crippen molar-refractivity contribution in [1.29, 1.82) is 0 Å². The highest BCUT2D eigenvalue weighted by Gasteiger charge is 2.20. The Morgan fingerprint density at radius 2 is 1.81 bits per heavy atom. The minimum Gasteiger partial charge on any atom is -0.380 e. The smallest absolute Gasteiger partial charge is 0.0959 e. The summed E-state index contributed by atoms with van der Waals surface area (Å²) < 4.78 is 7.75. The van der Waals surface area contributed by atoms with Crippen molar-refractivity contribution in [2.24, 2.45) is 10.9 Å². The molecule has 166 valence electrons. The second-order valence-electron chi connectivity index (χ2n) is 9.48. The fourth-order valence-corrected chi connectivity index (χ4v) is 5.42. The van der Waals surface area contributed by atoms with Crippen LogP contribution in [-0.2, 0) is 17.9 Å². The first-order valence-electron chi connectivity index (χ1n) is 11.9. The first kappa shape index (κ1) is 21.1. The largest absolute Gasteiger partial charge is 0.380 e. The zero-order valence-electron chi connectivity index (χ0n) is 19.5. The van der Waals surface area contributed by atoms with Gasteiger partial charge in [0.15, 0.2) is 0 Å². The molecule has 0 unspecified atom stereocenters. The summed E-state index contributed by atoms with van der Waals surface area (Å²) >= 11 is 0. The summed E-state index contributed by atoms with van der Waals surface area (Å²) in [5.41, 5.74) is 10.9. The van der Waals surface area contributed by atoms with Gasteiger partial charge in [-0.1, -0.05) is 43.5 Å². The van der Waals surface area contributed by atoms with Crippen LogP contribution in [0.4, 0.5) is 0 Å². The maximum atomic E-state index is 5.28. The molecule has 1 aliphatic heterocycles. The topological polar surface area (TPSA) is 39.4 Å². The highest BCUT2D eigenvalue weighted by Crippen LogP contribution is 2.35. The van der Waals surface area contributed by atoms with Gasteiger partial charge in [-0.25, -0.2) is 0 Å². The van der Waals surface area contributed by atoms with Gasteiger partial charge in [0.05, 0.1) is 24.2 Å². The lowest BCUT2D eigenvalue weighted by atomic mass is 9.89. The van der Waals surface area contributed by atoms with E-state index < -0.39 is 0 Å². The Kier molecular flexibility index (Phi) is 5.97. The van der Waals surface area contributed by atoms with Gasteiger partial charge >= 0.3 is 0 Å². The summed E-state index contributed by atoms with van der Waals surface area (Å²) in [6.45, 7) is 6.83. The summed E-state index contributed by atoms with van der Waals surface area (Å²) in [6, 6.07) is 11.1. The third kappa shape index (κ3) is 4.04. The zero-order valence-corrected chi connectivity index (χ0v) is 19.5. The molecule has 1 fully saturated rings. The summed E-state index contributed by atoms with van der Waals surface area (Å²) in [5, 5.41) is 0. The molecule has 3 heterocycles. The average Bonchev–Trinajstić information content (AvgIpc) is 3.34. The fourth-order valence-electron chi connectivity index (χ4n) is 5.42. The number of aliphatic imine (C=N–C) groups is 1. The van der Waals surface area contributed by atoms with Gasteiger partial charge in [0.25, 0.3) is 0 Å². The number of hydrogen-bond donors (Lipinski definition) is 0. The number of methoxy groups -OCH3 is 1. The first-order valence-corrected chi connectivity index (χ1v) is 11.9. The van der Waals surface area contributed by atoms with E-state index in [1.54, 1.807) is 7.11 Å². The number of allylic oxidation sites excluding steroid dienone is 1. The van der Waals surface area contributed by atoms with E-state index >= 15 is 0 Å². The molecule has 2 aromatic heterocycles. The van der Waals surface area contributed by atoms with Gasteiger partial charge in [-0.3, -0.25) is 9.98 Å². The quantitative estimate of drug-likeness (QED) is 0.440. The molecule has 1 aromatic carbocycles. The Balaban J connectivity index is 1.59. The number of rotatable bonds is 6. The van der Waals surface area contributed by atoms with Crippen LogP contribution in [0.15, 0.2) is 53.3 Å². The lowest BCUT2D eigenvalue weighted by Crippen LogP contribution is -2.13. The van der Waals surface area contributed by atoms with Crippen molar-refractivity contribution in [2.45, 2.75) is 59.1 Å². The predicted molar refractivity (Wildman–Crippen MR) is 133 cm³/mol. The summed E-state index contributed by atoms with van der Waals surface area (Å²) in [6.07, 6.45) is 11.2. The lowest BCUT2D eigenvalue weighted by Gasteiger charge is -2.22. The molecular weight excluding hydrogens is 394 g/mol. The van der Waals surface area contributed by atoms with Gasteiger partial charge in [-0.2, -0.15) is 0 Å². The van der Waals surface area contributed by atoms with Crippen LogP contribution < -0.4 is 0 Å². The molecule has 32 heavy (non-hydrogen) atoms. The SMILES string of the molecule is COCc1ccc(-c2cn(CC3CCCCC3)c3cc(C4=C(C)CN=C4C)cnc23)cc1. The Morgan fingerprint density at radius 3 is 2.50 bits per heavy atom. The Labute approximate surface area is 191 Å². The van der Waals surface area contributed by atoms with E-state index in [0.717, 1.165) is 30.2 Å². The highest BCUT2D eigenvalue weighted by molar-refractivity contribution is 6.25. The van der Waals surface area contributed by atoms with Gasteiger partial charge in [-0.15, -0.1) is 0 Å². The molecule has 0 atom stereocenters. The number of hydrogen-bond acceptors (Lipinski definition) is 3. The highest BCUT2D eigenvalue weighted by atomic mass is 16.5. The second kappa shape index (κ2) is 9.03. The third-order valence-corrected chi connectivity index (χ3v) is 7.10. The molecule has 5 rings (SSSR count). The molecule has 1 saturated carbocycles. The number of nitrogens with zero attached hydrogens (tertiary/aromatic N) is 3. The summed E-state index contributed by atoms with van der Waals surface area (Å²) in [7, 11) is 1.74. The summed E-state index contributed by atoms with van der Waals surface area (Å²) in [5.74, 6) is 0.760. The Hall–Kier alpha value is -2.72. The van der Waals surface area contributed by atoms with Crippen molar-refractivity contribution in [3.05, 3.63) is 59.4 Å². The van der Waals surface area contributed by atoms with Crippen molar-refractivity contribution in [2.75, 3.05) is 13.7 Å². The van der Waals surface area contributed by atoms with Crippen molar-refractivity contribution in [3.8, 4) is 11.1 Å². The number of fused-ring (bicyclic) bond motifs is 1. The van der Waals surface area contributed by atoms with Crippen molar-refractivity contribution < 1.29 is 4.74 Å². The molecule has 3 aromatic rings. The van der Waals surface area contributed by atoms with E-state index in [4.69, 9.17) is 9.72 Å².